The zero-order chi connectivity index (χ0) is 18.5. The maximum atomic E-state index is 12.4. The van der Waals surface area contributed by atoms with E-state index in [1.807, 2.05) is 6.07 Å². The fourth-order valence-corrected chi connectivity index (χ4v) is 1.76. The van der Waals surface area contributed by atoms with Gasteiger partial charge in [-0.25, -0.2) is 14.5 Å². The number of carbonyl (C=O) groups excluding carboxylic acids is 2. The third-order valence-corrected chi connectivity index (χ3v) is 2.62. The molecule has 6 heteroatoms. The number of nitriles is 1. The number of benzene rings is 1. The number of rotatable bonds is 2. The summed E-state index contributed by atoms with van der Waals surface area (Å²) in [6.45, 7) is 10.3. The number of nitrogens with zero attached hydrogens (tertiary/aromatic N) is 2. The van der Waals surface area contributed by atoms with Gasteiger partial charge in [0.05, 0.1) is 18.2 Å². The van der Waals surface area contributed by atoms with E-state index >= 15 is 0 Å². The van der Waals surface area contributed by atoms with Gasteiger partial charge >= 0.3 is 12.2 Å². The van der Waals surface area contributed by atoms with Gasteiger partial charge in [0.15, 0.2) is 0 Å². The van der Waals surface area contributed by atoms with Crippen LogP contribution in [0.15, 0.2) is 24.3 Å². The smallest absolute Gasteiger partial charge is 0.420 e. The predicted molar refractivity (Wildman–Crippen MR) is 89.2 cm³/mol. The normalized spacial score (nSPS) is 11.4. The molecule has 0 aromatic heterocycles. The van der Waals surface area contributed by atoms with Crippen molar-refractivity contribution in [3.8, 4) is 6.07 Å². The molecule has 0 heterocycles. The summed E-state index contributed by atoms with van der Waals surface area (Å²) >= 11 is 0. The lowest BCUT2D eigenvalue weighted by molar-refractivity contribution is -0.000247. The van der Waals surface area contributed by atoms with Crippen LogP contribution in [0.25, 0.3) is 0 Å². The van der Waals surface area contributed by atoms with Crippen LogP contribution in [0.1, 0.15) is 52.7 Å². The summed E-state index contributed by atoms with van der Waals surface area (Å²) in [5.74, 6) is 0. The van der Waals surface area contributed by atoms with E-state index in [-0.39, 0.29) is 6.54 Å². The third-order valence-electron chi connectivity index (χ3n) is 2.62. The molecule has 6 nitrogen and oxygen atoms in total. The van der Waals surface area contributed by atoms with Crippen molar-refractivity contribution in [3.63, 3.8) is 0 Å². The van der Waals surface area contributed by atoms with Crippen molar-refractivity contribution in [2.75, 3.05) is 0 Å². The van der Waals surface area contributed by atoms with Crippen LogP contribution in [0, 0.1) is 11.3 Å². The Labute approximate surface area is 143 Å². The van der Waals surface area contributed by atoms with Crippen LogP contribution >= 0.6 is 0 Å². The molecule has 0 N–H and O–H groups in total. The highest BCUT2D eigenvalue weighted by molar-refractivity contribution is 5.88. The van der Waals surface area contributed by atoms with Crippen molar-refractivity contribution >= 4 is 12.2 Å². The van der Waals surface area contributed by atoms with Gasteiger partial charge in [0, 0.05) is 0 Å². The molecule has 1 aromatic rings. The van der Waals surface area contributed by atoms with Gasteiger partial charge in [-0.05, 0) is 59.2 Å². The standard InChI is InChI=1S/C18H24N2O4/c1-17(2,3)23-15(21)20(16(22)24-18(4,5)6)12-14-9-7-8-13(10-14)11-19/h7-10H,12H2,1-6H3. The van der Waals surface area contributed by atoms with Crippen LogP contribution in [-0.4, -0.2) is 28.3 Å². The van der Waals surface area contributed by atoms with E-state index in [0.29, 0.717) is 11.1 Å². The molecular weight excluding hydrogens is 308 g/mol. The van der Waals surface area contributed by atoms with Gasteiger partial charge in [-0.15, -0.1) is 0 Å². The number of hydrogen-bond donors (Lipinski definition) is 0. The van der Waals surface area contributed by atoms with Gasteiger partial charge in [0.1, 0.15) is 11.2 Å². The molecule has 0 fully saturated rings. The predicted octanol–water partition coefficient (Wildman–Crippen LogP) is 4.23. The summed E-state index contributed by atoms with van der Waals surface area (Å²) in [4.78, 5) is 25.7. The lowest BCUT2D eigenvalue weighted by atomic mass is 10.1. The molecule has 0 spiro atoms. The zero-order valence-corrected chi connectivity index (χ0v) is 15.0. The van der Waals surface area contributed by atoms with E-state index < -0.39 is 23.4 Å². The topological polar surface area (TPSA) is 79.6 Å². The van der Waals surface area contributed by atoms with Gasteiger partial charge in [0.25, 0.3) is 0 Å². The van der Waals surface area contributed by atoms with E-state index in [2.05, 4.69) is 0 Å². The summed E-state index contributed by atoms with van der Waals surface area (Å²) in [5.41, 5.74) is -0.413. The van der Waals surface area contributed by atoms with E-state index in [4.69, 9.17) is 14.7 Å². The Bertz CT molecular complexity index is 620. The van der Waals surface area contributed by atoms with Crippen LogP contribution in [0.5, 0.6) is 0 Å². The maximum absolute atomic E-state index is 12.4. The molecule has 0 radical (unpaired) electrons. The van der Waals surface area contributed by atoms with Crippen molar-refractivity contribution in [2.45, 2.75) is 59.3 Å². The van der Waals surface area contributed by atoms with E-state index in [1.54, 1.807) is 65.8 Å². The highest BCUT2D eigenvalue weighted by Crippen LogP contribution is 2.17. The number of amides is 2. The summed E-state index contributed by atoms with van der Waals surface area (Å²) in [5, 5.41) is 8.97. The highest BCUT2D eigenvalue weighted by atomic mass is 16.6. The second-order valence-electron chi connectivity index (χ2n) is 7.36. The molecule has 0 saturated heterocycles. The van der Waals surface area contributed by atoms with E-state index in [9.17, 15) is 9.59 Å². The summed E-state index contributed by atoms with van der Waals surface area (Å²) in [6.07, 6.45) is -1.58. The lowest BCUT2D eigenvalue weighted by Gasteiger charge is -2.28. The van der Waals surface area contributed by atoms with Crippen molar-refractivity contribution < 1.29 is 19.1 Å². The van der Waals surface area contributed by atoms with Crippen LogP contribution < -0.4 is 0 Å². The minimum Gasteiger partial charge on any atom is -0.443 e. The number of imide groups is 1. The van der Waals surface area contributed by atoms with Gasteiger partial charge in [-0.3, -0.25) is 0 Å². The molecule has 0 atom stereocenters. The first-order valence-electron chi connectivity index (χ1n) is 7.64. The van der Waals surface area contributed by atoms with Gasteiger partial charge in [-0.1, -0.05) is 12.1 Å². The van der Waals surface area contributed by atoms with Crippen molar-refractivity contribution in [3.05, 3.63) is 35.4 Å². The lowest BCUT2D eigenvalue weighted by Crippen LogP contribution is -2.43. The monoisotopic (exact) mass is 332 g/mol. The Hall–Kier alpha value is -2.55. The molecule has 0 aliphatic heterocycles. The fourth-order valence-electron chi connectivity index (χ4n) is 1.76. The highest BCUT2D eigenvalue weighted by Gasteiger charge is 2.31. The second kappa shape index (κ2) is 7.35. The molecule has 0 bridgehead atoms. The minimum atomic E-state index is -0.792. The Morgan fingerprint density at radius 3 is 1.96 bits per heavy atom. The average Bonchev–Trinajstić information content (AvgIpc) is 2.41. The first kappa shape index (κ1) is 19.5. The summed E-state index contributed by atoms with van der Waals surface area (Å²) in [6, 6.07) is 8.70. The molecule has 130 valence electrons. The van der Waals surface area contributed by atoms with Gasteiger partial charge < -0.3 is 9.47 Å². The first-order valence-corrected chi connectivity index (χ1v) is 7.64. The first-order chi connectivity index (χ1) is 10.9. The Kier molecular flexibility index (Phi) is 5.97. The SMILES string of the molecule is CC(C)(C)OC(=O)N(Cc1cccc(C#N)c1)C(=O)OC(C)(C)C. The molecule has 24 heavy (non-hydrogen) atoms. The fraction of sp³-hybridized carbons (Fsp3) is 0.500. The molecule has 1 rings (SSSR count). The number of hydrogen-bond acceptors (Lipinski definition) is 5. The van der Waals surface area contributed by atoms with Crippen LogP contribution in [-0.2, 0) is 16.0 Å². The molecule has 0 saturated carbocycles. The molecule has 0 unspecified atom stereocenters. The third kappa shape index (κ3) is 6.69. The van der Waals surface area contributed by atoms with Crippen molar-refractivity contribution in [2.24, 2.45) is 0 Å². The minimum absolute atomic E-state index is 0.0423. The van der Waals surface area contributed by atoms with Crippen molar-refractivity contribution in [1.82, 2.24) is 4.90 Å². The molecule has 0 aliphatic rings. The largest absolute Gasteiger partial charge is 0.443 e. The molecule has 2 amide bonds. The van der Waals surface area contributed by atoms with Crippen LogP contribution in [0.3, 0.4) is 0 Å². The Morgan fingerprint density at radius 1 is 1.04 bits per heavy atom. The molecular formula is C18H24N2O4. The maximum Gasteiger partial charge on any atom is 0.420 e. The number of ether oxygens (including phenoxy) is 2. The molecule has 0 aliphatic carbocycles. The van der Waals surface area contributed by atoms with Crippen LogP contribution in [0.2, 0.25) is 0 Å². The zero-order valence-electron chi connectivity index (χ0n) is 15.0. The van der Waals surface area contributed by atoms with Gasteiger partial charge in [0.2, 0.25) is 0 Å². The molecule has 1 aromatic carbocycles. The summed E-state index contributed by atoms with van der Waals surface area (Å²) in [7, 11) is 0. The van der Waals surface area contributed by atoms with E-state index in [1.165, 1.54) is 0 Å². The Morgan fingerprint density at radius 2 is 1.54 bits per heavy atom. The van der Waals surface area contributed by atoms with E-state index in [0.717, 1.165) is 4.90 Å². The summed E-state index contributed by atoms with van der Waals surface area (Å²) < 4.78 is 10.6. The second-order valence-corrected chi connectivity index (χ2v) is 7.36. The quantitative estimate of drug-likeness (QED) is 0.809. The average molecular weight is 332 g/mol. The van der Waals surface area contributed by atoms with Crippen LogP contribution in [0.4, 0.5) is 9.59 Å². The number of carbonyl (C=O) groups is 2. The Balaban J connectivity index is 3.06. The van der Waals surface area contributed by atoms with Crippen molar-refractivity contribution in [1.29, 1.82) is 5.26 Å². The van der Waals surface area contributed by atoms with Gasteiger partial charge in [-0.2, -0.15) is 5.26 Å².